The summed E-state index contributed by atoms with van der Waals surface area (Å²) in [6, 6.07) is 29.7. The number of terminal acetylenes is 1. The highest BCUT2D eigenvalue weighted by Crippen LogP contribution is 2.38. The summed E-state index contributed by atoms with van der Waals surface area (Å²) in [5.41, 5.74) is 2.47. The van der Waals surface area contributed by atoms with E-state index in [1.54, 1.807) is 0 Å². The van der Waals surface area contributed by atoms with Crippen molar-refractivity contribution in [2.45, 2.75) is 17.6 Å². The van der Waals surface area contributed by atoms with Gasteiger partial charge in [-0.1, -0.05) is 96.9 Å². The van der Waals surface area contributed by atoms with E-state index in [0.29, 0.717) is 0 Å². The van der Waals surface area contributed by atoms with Crippen molar-refractivity contribution in [3.8, 4) is 12.3 Å². The summed E-state index contributed by atoms with van der Waals surface area (Å²) in [6.07, 6.45) is 5.62. The molecule has 132 valence electrons. The van der Waals surface area contributed by atoms with Gasteiger partial charge in [0.15, 0.2) is 0 Å². The first kappa shape index (κ1) is 17.1. The summed E-state index contributed by atoms with van der Waals surface area (Å²) >= 11 is 0. The highest BCUT2D eigenvalue weighted by Gasteiger charge is 2.46. The Kier molecular flexibility index (Phi) is 4.50. The van der Waals surface area contributed by atoms with E-state index in [1.807, 2.05) is 54.6 Å². The van der Waals surface area contributed by atoms with Crippen LogP contribution in [-0.2, 0) is 10.3 Å². The minimum atomic E-state index is -0.693. The van der Waals surface area contributed by atoms with E-state index in [4.69, 9.17) is 6.42 Å². The molecule has 0 spiro atoms. The molecule has 3 heteroatoms. The predicted octanol–water partition coefficient (Wildman–Crippen LogP) is 3.07. The molecule has 1 amide bonds. The molecule has 2 N–H and O–H groups in total. The second-order valence-electron chi connectivity index (χ2n) is 6.62. The van der Waals surface area contributed by atoms with Crippen LogP contribution in [0.3, 0.4) is 0 Å². The van der Waals surface area contributed by atoms with E-state index in [0.717, 1.165) is 16.7 Å². The van der Waals surface area contributed by atoms with Crippen molar-refractivity contribution in [2.24, 2.45) is 0 Å². The van der Waals surface area contributed by atoms with Gasteiger partial charge in [0.05, 0.1) is 5.54 Å². The number of hydrogen-bond donors (Lipinski definition) is 2. The van der Waals surface area contributed by atoms with Crippen LogP contribution in [0.25, 0.3) is 0 Å². The number of carbonyl (C=O) groups is 1. The highest BCUT2D eigenvalue weighted by molar-refractivity contribution is 5.90. The predicted molar refractivity (Wildman–Crippen MR) is 107 cm³/mol. The highest BCUT2D eigenvalue weighted by atomic mass is 16.2. The Hall–Kier alpha value is -3.35. The third-order valence-corrected chi connectivity index (χ3v) is 5.09. The monoisotopic (exact) mass is 352 g/mol. The maximum atomic E-state index is 12.3. The van der Waals surface area contributed by atoms with E-state index in [-0.39, 0.29) is 11.9 Å². The first-order valence-electron chi connectivity index (χ1n) is 8.96. The van der Waals surface area contributed by atoms with Gasteiger partial charge < -0.3 is 5.32 Å². The molecule has 3 aromatic carbocycles. The summed E-state index contributed by atoms with van der Waals surface area (Å²) < 4.78 is 0. The molecular weight excluding hydrogens is 332 g/mol. The Bertz CT molecular complexity index is 865. The standard InChI is InChI=1S/C24H20N2O/c1-2-21-22(23(27)25-21)26-24(18-12-6-3-7-13-18,19-14-8-4-9-15-19)20-16-10-5-11-17-20/h1,3-17,21-22,26H,(H,25,27)/t21-,22-/m0/s1. The summed E-state index contributed by atoms with van der Waals surface area (Å²) in [5.74, 6) is 2.59. The van der Waals surface area contributed by atoms with Crippen LogP contribution in [0.15, 0.2) is 91.0 Å². The van der Waals surface area contributed by atoms with Gasteiger partial charge in [-0.3, -0.25) is 10.1 Å². The maximum absolute atomic E-state index is 12.3. The average molecular weight is 352 g/mol. The molecule has 0 aromatic heterocycles. The lowest BCUT2D eigenvalue weighted by molar-refractivity contribution is -0.130. The maximum Gasteiger partial charge on any atom is 0.241 e. The van der Waals surface area contributed by atoms with E-state index < -0.39 is 11.6 Å². The third-order valence-electron chi connectivity index (χ3n) is 5.09. The van der Waals surface area contributed by atoms with E-state index in [2.05, 4.69) is 53.0 Å². The average Bonchev–Trinajstić information content (AvgIpc) is 2.74. The molecule has 3 nitrogen and oxygen atoms in total. The van der Waals surface area contributed by atoms with Crippen LogP contribution < -0.4 is 10.6 Å². The van der Waals surface area contributed by atoms with Crippen LogP contribution in [0.2, 0.25) is 0 Å². The molecule has 0 aliphatic carbocycles. The zero-order valence-electron chi connectivity index (χ0n) is 14.8. The lowest BCUT2D eigenvalue weighted by Crippen LogP contribution is -2.71. The van der Waals surface area contributed by atoms with Gasteiger partial charge in [-0.15, -0.1) is 6.42 Å². The van der Waals surface area contributed by atoms with Crippen LogP contribution in [0, 0.1) is 12.3 Å². The Labute approximate surface area is 159 Å². The summed E-state index contributed by atoms with van der Waals surface area (Å²) in [5, 5.41) is 6.39. The Balaban J connectivity index is 1.95. The number of carbonyl (C=O) groups excluding carboxylic acids is 1. The first-order chi connectivity index (χ1) is 13.3. The largest absolute Gasteiger partial charge is 0.339 e. The molecule has 0 unspecified atom stereocenters. The van der Waals surface area contributed by atoms with Gasteiger partial charge in [0, 0.05) is 0 Å². The van der Waals surface area contributed by atoms with Crippen molar-refractivity contribution >= 4 is 5.91 Å². The molecule has 0 bridgehead atoms. The van der Waals surface area contributed by atoms with Gasteiger partial charge in [-0.2, -0.15) is 0 Å². The van der Waals surface area contributed by atoms with E-state index in [1.165, 1.54) is 0 Å². The van der Waals surface area contributed by atoms with Crippen LogP contribution in [0.4, 0.5) is 0 Å². The third kappa shape index (κ3) is 2.91. The smallest absolute Gasteiger partial charge is 0.241 e. The van der Waals surface area contributed by atoms with Gasteiger partial charge in [0.1, 0.15) is 12.1 Å². The molecule has 1 saturated heterocycles. The molecule has 0 radical (unpaired) electrons. The second-order valence-corrected chi connectivity index (χ2v) is 6.62. The zero-order chi connectivity index (χ0) is 18.7. The van der Waals surface area contributed by atoms with Gasteiger partial charge in [0.2, 0.25) is 5.91 Å². The minimum Gasteiger partial charge on any atom is -0.339 e. The van der Waals surface area contributed by atoms with Gasteiger partial charge >= 0.3 is 0 Å². The SMILES string of the molecule is C#C[C@@H]1NC(=O)[C@H]1NC(c1ccccc1)(c1ccccc1)c1ccccc1. The fourth-order valence-corrected chi connectivity index (χ4v) is 3.72. The van der Waals surface area contributed by atoms with Crippen molar-refractivity contribution in [2.75, 3.05) is 0 Å². The van der Waals surface area contributed by atoms with Crippen molar-refractivity contribution in [3.63, 3.8) is 0 Å². The molecule has 3 aromatic rings. The number of amides is 1. The van der Waals surface area contributed by atoms with Crippen molar-refractivity contribution in [1.82, 2.24) is 10.6 Å². The number of benzene rings is 3. The molecule has 4 rings (SSSR count). The van der Waals surface area contributed by atoms with Crippen LogP contribution in [0.5, 0.6) is 0 Å². The Morgan fingerprint density at radius 3 is 1.52 bits per heavy atom. The lowest BCUT2D eigenvalue weighted by atomic mass is 9.75. The number of rotatable bonds is 5. The lowest BCUT2D eigenvalue weighted by Gasteiger charge is -2.44. The normalized spacial score (nSPS) is 18.9. The van der Waals surface area contributed by atoms with Crippen LogP contribution in [-0.4, -0.2) is 18.0 Å². The van der Waals surface area contributed by atoms with Crippen molar-refractivity contribution < 1.29 is 4.79 Å². The van der Waals surface area contributed by atoms with Gasteiger partial charge in [-0.05, 0) is 16.7 Å². The summed E-state index contributed by atoms with van der Waals surface area (Å²) in [4.78, 5) is 12.3. The van der Waals surface area contributed by atoms with Crippen LogP contribution in [0.1, 0.15) is 16.7 Å². The fourth-order valence-electron chi connectivity index (χ4n) is 3.72. The fraction of sp³-hybridized carbons (Fsp3) is 0.125. The van der Waals surface area contributed by atoms with Gasteiger partial charge in [-0.25, -0.2) is 0 Å². The topological polar surface area (TPSA) is 41.1 Å². The van der Waals surface area contributed by atoms with Crippen molar-refractivity contribution in [3.05, 3.63) is 108 Å². The molecule has 1 aliphatic rings. The molecule has 1 fully saturated rings. The molecule has 1 heterocycles. The van der Waals surface area contributed by atoms with E-state index in [9.17, 15) is 4.79 Å². The Morgan fingerprint density at radius 1 is 0.778 bits per heavy atom. The zero-order valence-corrected chi connectivity index (χ0v) is 14.8. The molecule has 27 heavy (non-hydrogen) atoms. The quantitative estimate of drug-likeness (QED) is 0.421. The summed E-state index contributed by atoms with van der Waals surface area (Å²) in [7, 11) is 0. The molecular formula is C24H20N2O. The number of nitrogens with one attached hydrogen (secondary N) is 2. The summed E-state index contributed by atoms with van der Waals surface area (Å²) in [6.45, 7) is 0. The number of hydrogen-bond acceptors (Lipinski definition) is 2. The Morgan fingerprint density at radius 2 is 1.19 bits per heavy atom. The first-order valence-corrected chi connectivity index (χ1v) is 8.96. The second kappa shape index (κ2) is 7.11. The molecule has 2 atom stereocenters. The van der Waals surface area contributed by atoms with Gasteiger partial charge in [0.25, 0.3) is 0 Å². The molecule has 0 saturated carbocycles. The van der Waals surface area contributed by atoms with E-state index >= 15 is 0 Å². The molecule has 1 aliphatic heterocycles. The van der Waals surface area contributed by atoms with Crippen molar-refractivity contribution in [1.29, 1.82) is 0 Å². The van der Waals surface area contributed by atoms with Crippen LogP contribution >= 0.6 is 0 Å². The number of β-lactam (4-membered cyclic amide) rings is 1. The minimum absolute atomic E-state index is 0.0786.